The second-order valence-electron chi connectivity index (χ2n) is 3.70. The first-order chi connectivity index (χ1) is 7.75. The lowest BCUT2D eigenvalue weighted by molar-refractivity contribution is 0.677. The first-order valence-electron chi connectivity index (χ1n) is 5.37. The third kappa shape index (κ3) is 2.90. The normalized spacial score (nSPS) is 10.9. The number of hydrogen-bond donors (Lipinski definition) is 2. The molecular weight excluding hydrogens is 220 g/mol. The van der Waals surface area contributed by atoms with Gasteiger partial charge in [0, 0.05) is 36.8 Å². The summed E-state index contributed by atoms with van der Waals surface area (Å²) in [6.07, 6.45) is 4.57. The summed E-state index contributed by atoms with van der Waals surface area (Å²) in [4.78, 5) is 13.0. The molecule has 0 aromatic carbocycles. The molecule has 2 aromatic rings. The van der Waals surface area contributed by atoms with Crippen molar-refractivity contribution in [2.75, 3.05) is 6.54 Å². The average Bonchev–Trinajstić information content (AvgIpc) is 2.84. The van der Waals surface area contributed by atoms with Gasteiger partial charge in [-0.25, -0.2) is 9.97 Å². The largest absolute Gasteiger partial charge is 0.349 e. The molecule has 16 heavy (non-hydrogen) atoms. The molecule has 0 aliphatic heterocycles. The van der Waals surface area contributed by atoms with Crippen LogP contribution in [0.3, 0.4) is 0 Å². The van der Waals surface area contributed by atoms with Crippen molar-refractivity contribution in [3.63, 3.8) is 0 Å². The number of aromatic nitrogens is 3. The number of nitrogens with zero attached hydrogens (tertiary/aromatic N) is 2. The standard InChI is InChI=1S/C11H16N4S/c1-8-10(16-9(2)15-8)7-12-4-3-11-13-5-6-14-11/h5-6,12H,3-4,7H2,1-2H3,(H,13,14). The minimum absolute atomic E-state index is 0.901. The number of hydrogen-bond acceptors (Lipinski definition) is 4. The summed E-state index contributed by atoms with van der Waals surface area (Å²) in [7, 11) is 0. The lowest BCUT2D eigenvalue weighted by Gasteiger charge is -2.01. The number of nitrogens with one attached hydrogen (secondary N) is 2. The van der Waals surface area contributed by atoms with Gasteiger partial charge in [-0.3, -0.25) is 0 Å². The molecular formula is C11H16N4S. The highest BCUT2D eigenvalue weighted by molar-refractivity contribution is 7.11. The van der Waals surface area contributed by atoms with E-state index in [1.807, 2.05) is 13.1 Å². The van der Waals surface area contributed by atoms with Crippen LogP contribution >= 0.6 is 11.3 Å². The third-order valence-corrected chi connectivity index (χ3v) is 3.45. The molecule has 0 bridgehead atoms. The Balaban J connectivity index is 1.74. The van der Waals surface area contributed by atoms with E-state index in [9.17, 15) is 0 Å². The zero-order valence-corrected chi connectivity index (χ0v) is 10.4. The van der Waals surface area contributed by atoms with E-state index in [-0.39, 0.29) is 0 Å². The molecule has 0 aliphatic rings. The lowest BCUT2D eigenvalue weighted by atomic mass is 10.3. The maximum atomic E-state index is 4.40. The van der Waals surface area contributed by atoms with E-state index >= 15 is 0 Å². The van der Waals surface area contributed by atoms with Crippen molar-refractivity contribution in [2.24, 2.45) is 0 Å². The number of H-pyrrole nitrogens is 1. The van der Waals surface area contributed by atoms with Crippen molar-refractivity contribution < 1.29 is 0 Å². The second kappa shape index (κ2) is 5.23. The molecule has 0 saturated heterocycles. The molecule has 4 nitrogen and oxygen atoms in total. The van der Waals surface area contributed by atoms with Crippen LogP contribution in [0.4, 0.5) is 0 Å². The molecule has 0 radical (unpaired) electrons. The molecule has 0 unspecified atom stereocenters. The first-order valence-corrected chi connectivity index (χ1v) is 6.19. The molecule has 5 heteroatoms. The van der Waals surface area contributed by atoms with Crippen molar-refractivity contribution in [1.29, 1.82) is 0 Å². The number of thiazole rings is 1. The Morgan fingerprint density at radius 2 is 2.31 bits per heavy atom. The Labute approximate surface area is 99.2 Å². The van der Waals surface area contributed by atoms with Crippen molar-refractivity contribution in [1.82, 2.24) is 20.3 Å². The summed E-state index contributed by atoms with van der Waals surface area (Å²) in [5, 5.41) is 4.54. The van der Waals surface area contributed by atoms with Gasteiger partial charge >= 0.3 is 0 Å². The van der Waals surface area contributed by atoms with Crippen molar-refractivity contribution >= 4 is 11.3 Å². The van der Waals surface area contributed by atoms with Gasteiger partial charge in [-0.2, -0.15) is 0 Å². The van der Waals surface area contributed by atoms with E-state index in [2.05, 4.69) is 27.2 Å². The van der Waals surface area contributed by atoms with E-state index in [1.54, 1.807) is 17.5 Å². The summed E-state index contributed by atoms with van der Waals surface area (Å²) < 4.78 is 0. The minimum atomic E-state index is 0.901. The second-order valence-corrected chi connectivity index (χ2v) is 4.99. The van der Waals surface area contributed by atoms with Crippen molar-refractivity contribution in [2.45, 2.75) is 26.8 Å². The van der Waals surface area contributed by atoms with Crippen LogP contribution in [-0.2, 0) is 13.0 Å². The quantitative estimate of drug-likeness (QED) is 0.779. The highest BCUT2D eigenvalue weighted by Gasteiger charge is 2.03. The van der Waals surface area contributed by atoms with E-state index in [4.69, 9.17) is 0 Å². The van der Waals surface area contributed by atoms with Crippen LogP contribution in [0.1, 0.15) is 21.4 Å². The van der Waals surface area contributed by atoms with Gasteiger partial charge in [0.05, 0.1) is 10.7 Å². The Kier molecular flexibility index (Phi) is 3.69. The maximum absolute atomic E-state index is 4.40. The molecule has 0 aliphatic carbocycles. The molecule has 0 fully saturated rings. The molecule has 2 rings (SSSR count). The van der Waals surface area contributed by atoms with Gasteiger partial charge in [-0.05, 0) is 13.8 Å². The molecule has 2 N–H and O–H groups in total. The van der Waals surface area contributed by atoms with Crippen LogP contribution < -0.4 is 5.32 Å². The lowest BCUT2D eigenvalue weighted by Crippen LogP contribution is -2.17. The van der Waals surface area contributed by atoms with Gasteiger partial charge in [-0.15, -0.1) is 11.3 Å². The van der Waals surface area contributed by atoms with Crippen molar-refractivity contribution in [3.8, 4) is 0 Å². The smallest absolute Gasteiger partial charge is 0.107 e. The molecule has 0 amide bonds. The monoisotopic (exact) mass is 236 g/mol. The van der Waals surface area contributed by atoms with Gasteiger partial charge in [0.15, 0.2) is 0 Å². The molecule has 0 saturated carbocycles. The number of aryl methyl sites for hydroxylation is 2. The Bertz CT molecular complexity index is 433. The molecule has 2 aromatic heterocycles. The fraction of sp³-hybridized carbons (Fsp3) is 0.455. The Morgan fingerprint density at radius 1 is 1.44 bits per heavy atom. The Morgan fingerprint density at radius 3 is 2.94 bits per heavy atom. The Hall–Kier alpha value is -1.20. The van der Waals surface area contributed by atoms with Gasteiger partial charge in [0.1, 0.15) is 5.82 Å². The van der Waals surface area contributed by atoms with E-state index < -0.39 is 0 Å². The van der Waals surface area contributed by atoms with Crippen LogP contribution in [0.25, 0.3) is 0 Å². The van der Waals surface area contributed by atoms with Crippen LogP contribution in [0.15, 0.2) is 12.4 Å². The zero-order chi connectivity index (χ0) is 11.4. The zero-order valence-electron chi connectivity index (χ0n) is 9.58. The van der Waals surface area contributed by atoms with Crippen LogP contribution in [0.2, 0.25) is 0 Å². The van der Waals surface area contributed by atoms with Gasteiger partial charge in [0.2, 0.25) is 0 Å². The summed E-state index contributed by atoms with van der Waals surface area (Å²) in [5.41, 5.74) is 1.15. The molecule has 86 valence electrons. The minimum Gasteiger partial charge on any atom is -0.349 e. The summed E-state index contributed by atoms with van der Waals surface area (Å²) in [6, 6.07) is 0. The van der Waals surface area contributed by atoms with E-state index in [0.29, 0.717) is 0 Å². The van der Waals surface area contributed by atoms with E-state index in [0.717, 1.165) is 36.0 Å². The summed E-state index contributed by atoms with van der Waals surface area (Å²) in [5.74, 6) is 1.03. The van der Waals surface area contributed by atoms with Crippen LogP contribution in [-0.4, -0.2) is 21.5 Å². The fourth-order valence-corrected chi connectivity index (χ4v) is 2.49. The third-order valence-electron chi connectivity index (χ3n) is 2.38. The SMILES string of the molecule is Cc1nc(C)c(CNCCc2ncc[nH]2)s1. The van der Waals surface area contributed by atoms with Gasteiger partial charge < -0.3 is 10.3 Å². The summed E-state index contributed by atoms with van der Waals surface area (Å²) in [6.45, 7) is 5.94. The van der Waals surface area contributed by atoms with Gasteiger partial charge in [-0.1, -0.05) is 0 Å². The highest BCUT2D eigenvalue weighted by atomic mass is 32.1. The average molecular weight is 236 g/mol. The molecule has 0 atom stereocenters. The van der Waals surface area contributed by atoms with Crippen LogP contribution in [0.5, 0.6) is 0 Å². The number of aromatic amines is 1. The highest BCUT2D eigenvalue weighted by Crippen LogP contribution is 2.16. The topological polar surface area (TPSA) is 53.6 Å². The fourth-order valence-electron chi connectivity index (χ4n) is 1.58. The number of imidazole rings is 1. The summed E-state index contributed by atoms with van der Waals surface area (Å²) >= 11 is 1.77. The predicted octanol–water partition coefficient (Wildman–Crippen LogP) is 1.82. The van der Waals surface area contributed by atoms with Crippen molar-refractivity contribution in [3.05, 3.63) is 33.8 Å². The predicted molar refractivity (Wildman–Crippen MR) is 65.6 cm³/mol. The van der Waals surface area contributed by atoms with Gasteiger partial charge in [0.25, 0.3) is 0 Å². The molecule has 2 heterocycles. The maximum Gasteiger partial charge on any atom is 0.107 e. The van der Waals surface area contributed by atoms with Crippen LogP contribution in [0, 0.1) is 13.8 Å². The number of rotatable bonds is 5. The molecule has 0 spiro atoms. The van der Waals surface area contributed by atoms with E-state index in [1.165, 1.54) is 4.88 Å². The first kappa shape index (κ1) is 11.3.